The average molecular weight is 217 g/mol. The number of nitrogens with zero attached hydrogens (tertiary/aromatic N) is 2. The molecule has 0 aliphatic heterocycles. The first kappa shape index (κ1) is 9.75. The van der Waals surface area contributed by atoms with Gasteiger partial charge in [-0.2, -0.15) is 0 Å². The summed E-state index contributed by atoms with van der Waals surface area (Å²) < 4.78 is 0. The fraction of sp³-hybridized carbons (Fsp3) is 0.583. The molecule has 2 fully saturated rings. The third-order valence-corrected chi connectivity index (χ3v) is 4.03. The summed E-state index contributed by atoms with van der Waals surface area (Å²) in [5, 5.41) is 9.14. The molecule has 16 heavy (non-hydrogen) atoms. The Morgan fingerprint density at radius 3 is 3.19 bits per heavy atom. The minimum Gasteiger partial charge on any atom is -0.478 e. The molecule has 2 aliphatic carbocycles. The fourth-order valence-corrected chi connectivity index (χ4v) is 3.13. The van der Waals surface area contributed by atoms with Gasteiger partial charge in [-0.25, -0.2) is 14.8 Å². The van der Waals surface area contributed by atoms with Crippen molar-refractivity contribution in [3.05, 3.63) is 23.8 Å². The van der Waals surface area contributed by atoms with Crippen LogP contribution in [0.2, 0.25) is 0 Å². The zero-order valence-corrected chi connectivity index (χ0v) is 8.94. The second kappa shape index (κ2) is 3.27. The maximum Gasteiger partial charge on any atom is 0.339 e. The largest absolute Gasteiger partial charge is 0.478 e. The van der Waals surface area contributed by atoms with E-state index in [1.165, 1.54) is 25.5 Å². The summed E-state index contributed by atoms with van der Waals surface area (Å²) in [6, 6.07) is 0. The molecular formula is C12H13N2O2. The first-order valence-electron chi connectivity index (χ1n) is 5.71. The second-order valence-corrected chi connectivity index (χ2v) is 4.84. The van der Waals surface area contributed by atoms with Gasteiger partial charge in [0.2, 0.25) is 0 Å². The van der Waals surface area contributed by atoms with Crippen molar-refractivity contribution < 1.29 is 9.90 Å². The van der Waals surface area contributed by atoms with E-state index in [0.29, 0.717) is 5.92 Å². The number of fused-ring (bicyclic) bond motifs is 1. The van der Waals surface area contributed by atoms with Gasteiger partial charge in [0.1, 0.15) is 0 Å². The van der Waals surface area contributed by atoms with Gasteiger partial charge in [-0.15, -0.1) is 0 Å². The Bertz CT molecular complexity index is 446. The average Bonchev–Trinajstić information content (AvgIpc) is 3.04. The molecule has 2 unspecified atom stereocenters. The molecule has 1 aromatic heterocycles. The number of aromatic carboxylic acids is 1. The Kier molecular flexibility index (Phi) is 1.99. The first-order valence-corrected chi connectivity index (χ1v) is 5.71. The van der Waals surface area contributed by atoms with Crippen LogP contribution in [0.5, 0.6) is 0 Å². The SMILES string of the molecule is O=C(O)c1cn[c]nc1C12CCCCC1C2. The van der Waals surface area contributed by atoms with Gasteiger partial charge < -0.3 is 5.11 Å². The van der Waals surface area contributed by atoms with Crippen LogP contribution in [0.1, 0.15) is 48.2 Å². The lowest BCUT2D eigenvalue weighted by atomic mass is 9.84. The van der Waals surface area contributed by atoms with Gasteiger partial charge in [-0.3, -0.25) is 0 Å². The van der Waals surface area contributed by atoms with Crippen LogP contribution < -0.4 is 0 Å². The predicted molar refractivity (Wildman–Crippen MR) is 56.1 cm³/mol. The van der Waals surface area contributed by atoms with Crippen molar-refractivity contribution >= 4 is 5.97 Å². The van der Waals surface area contributed by atoms with E-state index in [2.05, 4.69) is 16.3 Å². The van der Waals surface area contributed by atoms with Crippen LogP contribution >= 0.6 is 0 Å². The number of rotatable bonds is 2. The quantitative estimate of drug-likeness (QED) is 0.820. The summed E-state index contributed by atoms with van der Waals surface area (Å²) in [5.74, 6) is -0.280. The summed E-state index contributed by atoms with van der Waals surface area (Å²) >= 11 is 0. The molecule has 4 heteroatoms. The van der Waals surface area contributed by atoms with Gasteiger partial charge in [0.15, 0.2) is 6.33 Å². The van der Waals surface area contributed by atoms with Gasteiger partial charge in [0.05, 0.1) is 11.3 Å². The van der Waals surface area contributed by atoms with Gasteiger partial charge in [0, 0.05) is 11.6 Å². The molecule has 1 N–H and O–H groups in total. The zero-order valence-electron chi connectivity index (χ0n) is 8.94. The third-order valence-electron chi connectivity index (χ3n) is 4.03. The normalized spacial score (nSPS) is 31.9. The number of hydrogen-bond donors (Lipinski definition) is 1. The monoisotopic (exact) mass is 217 g/mol. The number of aromatic nitrogens is 2. The van der Waals surface area contributed by atoms with Crippen molar-refractivity contribution in [2.45, 2.75) is 37.5 Å². The summed E-state index contributed by atoms with van der Waals surface area (Å²) in [5.41, 5.74) is 1.04. The predicted octanol–water partition coefficient (Wildman–Crippen LogP) is 1.81. The Morgan fingerprint density at radius 2 is 2.44 bits per heavy atom. The van der Waals surface area contributed by atoms with Crippen LogP contribution in [0.3, 0.4) is 0 Å². The highest BCUT2D eigenvalue weighted by Crippen LogP contribution is 2.62. The van der Waals surface area contributed by atoms with E-state index in [4.69, 9.17) is 5.11 Å². The Hall–Kier alpha value is -1.45. The molecule has 1 heterocycles. The zero-order chi connectivity index (χ0) is 11.2. The molecule has 2 atom stereocenters. The minimum absolute atomic E-state index is 0.0470. The molecule has 2 aliphatic rings. The summed E-state index contributed by atoms with van der Waals surface area (Å²) in [6.45, 7) is 0. The van der Waals surface area contributed by atoms with E-state index >= 15 is 0 Å². The topological polar surface area (TPSA) is 63.1 Å². The van der Waals surface area contributed by atoms with E-state index in [0.717, 1.165) is 18.5 Å². The van der Waals surface area contributed by atoms with Crippen molar-refractivity contribution in [3.63, 3.8) is 0 Å². The van der Waals surface area contributed by atoms with Gasteiger partial charge in [0.25, 0.3) is 0 Å². The van der Waals surface area contributed by atoms with E-state index in [-0.39, 0.29) is 11.0 Å². The molecule has 1 aromatic rings. The first-order chi connectivity index (χ1) is 7.74. The number of carbonyl (C=O) groups is 1. The van der Waals surface area contributed by atoms with Crippen LogP contribution in [0.4, 0.5) is 0 Å². The molecule has 3 rings (SSSR count). The Morgan fingerprint density at radius 1 is 1.56 bits per heavy atom. The van der Waals surface area contributed by atoms with Crippen LogP contribution in [0.15, 0.2) is 6.20 Å². The summed E-state index contributed by atoms with van der Waals surface area (Å²) in [6.07, 6.45) is 9.75. The van der Waals surface area contributed by atoms with Crippen LogP contribution in [-0.2, 0) is 5.41 Å². The molecule has 83 valence electrons. The Balaban J connectivity index is 2.04. The van der Waals surface area contributed by atoms with Crippen molar-refractivity contribution in [1.82, 2.24) is 9.97 Å². The van der Waals surface area contributed by atoms with E-state index in [1.54, 1.807) is 0 Å². The van der Waals surface area contributed by atoms with Crippen molar-refractivity contribution in [3.8, 4) is 0 Å². The van der Waals surface area contributed by atoms with Crippen molar-refractivity contribution in [1.29, 1.82) is 0 Å². The highest BCUT2D eigenvalue weighted by molar-refractivity contribution is 5.89. The molecule has 0 spiro atoms. The fourth-order valence-electron chi connectivity index (χ4n) is 3.13. The highest BCUT2D eigenvalue weighted by atomic mass is 16.4. The molecule has 4 nitrogen and oxygen atoms in total. The third kappa shape index (κ3) is 1.25. The maximum atomic E-state index is 11.1. The van der Waals surface area contributed by atoms with Crippen LogP contribution in [0, 0.1) is 12.2 Å². The molecule has 2 saturated carbocycles. The maximum absolute atomic E-state index is 11.1. The molecule has 0 bridgehead atoms. The highest BCUT2D eigenvalue weighted by Gasteiger charge is 2.58. The van der Waals surface area contributed by atoms with Gasteiger partial charge in [-0.1, -0.05) is 12.8 Å². The van der Waals surface area contributed by atoms with Crippen molar-refractivity contribution in [2.75, 3.05) is 0 Å². The van der Waals surface area contributed by atoms with Crippen molar-refractivity contribution in [2.24, 2.45) is 5.92 Å². The molecule has 0 amide bonds. The number of carboxylic acid groups (broad SMARTS) is 1. The van der Waals surface area contributed by atoms with Gasteiger partial charge in [-0.05, 0) is 25.2 Å². The van der Waals surface area contributed by atoms with E-state index < -0.39 is 5.97 Å². The lowest BCUT2D eigenvalue weighted by Crippen LogP contribution is -2.20. The molecule has 1 radical (unpaired) electrons. The Labute approximate surface area is 93.7 Å². The van der Waals surface area contributed by atoms with E-state index in [1.807, 2.05) is 0 Å². The van der Waals surface area contributed by atoms with Crippen LogP contribution in [-0.4, -0.2) is 21.0 Å². The second-order valence-electron chi connectivity index (χ2n) is 4.84. The smallest absolute Gasteiger partial charge is 0.339 e. The van der Waals surface area contributed by atoms with Gasteiger partial charge >= 0.3 is 5.97 Å². The summed E-state index contributed by atoms with van der Waals surface area (Å²) in [7, 11) is 0. The lowest BCUT2D eigenvalue weighted by molar-refractivity contribution is 0.0693. The number of carboxylic acids is 1. The number of hydrogen-bond acceptors (Lipinski definition) is 3. The van der Waals surface area contributed by atoms with Crippen LogP contribution in [0.25, 0.3) is 0 Å². The standard InChI is InChI=1S/C12H13N2O2/c15-11(16)9-6-13-7-14-10(9)12-4-2-1-3-8(12)5-12/h6,8H,1-5H2,(H,15,16). The van der Waals surface area contributed by atoms with E-state index in [9.17, 15) is 4.79 Å². The molecule has 0 saturated heterocycles. The lowest BCUT2D eigenvalue weighted by Gasteiger charge is -2.22. The molecule has 0 aromatic carbocycles. The summed E-state index contributed by atoms with van der Waals surface area (Å²) in [4.78, 5) is 18.9. The minimum atomic E-state index is -0.922. The molecular weight excluding hydrogens is 204 g/mol.